The first-order chi connectivity index (χ1) is 13.2. The second-order valence-electron chi connectivity index (χ2n) is 6.39. The number of aryl methyl sites for hydroxylation is 1. The lowest BCUT2D eigenvalue weighted by molar-refractivity contribution is 0.744. The molecule has 3 aromatic rings. The van der Waals surface area contributed by atoms with Crippen molar-refractivity contribution in [1.29, 1.82) is 0 Å². The van der Waals surface area contributed by atoms with Crippen LogP contribution in [0.4, 0.5) is 5.69 Å². The van der Waals surface area contributed by atoms with E-state index >= 15 is 0 Å². The number of nitrogens with zero attached hydrogens (tertiary/aromatic N) is 3. The molecular weight excluding hydrogens is 354 g/mol. The Morgan fingerprint density at radius 1 is 0.852 bits per heavy atom. The zero-order valence-corrected chi connectivity index (χ0v) is 17.2. The van der Waals surface area contributed by atoms with E-state index in [4.69, 9.17) is 11.6 Å². The summed E-state index contributed by atoms with van der Waals surface area (Å²) < 4.78 is 0. The van der Waals surface area contributed by atoms with Crippen molar-refractivity contribution in [2.45, 2.75) is 33.6 Å². The van der Waals surface area contributed by atoms with Gasteiger partial charge in [-0.15, -0.1) is 0 Å². The maximum absolute atomic E-state index is 5.97. The molecule has 2 aromatic heterocycles. The normalized spacial score (nSPS) is 10.1. The van der Waals surface area contributed by atoms with Crippen LogP contribution < -0.4 is 4.90 Å². The van der Waals surface area contributed by atoms with E-state index in [1.807, 2.05) is 55.6 Å². The van der Waals surface area contributed by atoms with Crippen molar-refractivity contribution in [2.24, 2.45) is 0 Å². The highest BCUT2D eigenvalue weighted by Gasteiger charge is 2.12. The lowest BCUT2D eigenvalue weighted by Crippen LogP contribution is -2.25. The van der Waals surface area contributed by atoms with Gasteiger partial charge in [0.15, 0.2) is 0 Å². The number of halogens is 1. The molecule has 0 atom stereocenters. The van der Waals surface area contributed by atoms with Gasteiger partial charge in [-0.2, -0.15) is 0 Å². The van der Waals surface area contributed by atoms with Gasteiger partial charge < -0.3 is 4.90 Å². The topological polar surface area (TPSA) is 29.0 Å². The fourth-order valence-electron chi connectivity index (χ4n) is 2.80. The van der Waals surface area contributed by atoms with E-state index in [2.05, 4.69) is 34.8 Å². The van der Waals surface area contributed by atoms with E-state index < -0.39 is 0 Å². The summed E-state index contributed by atoms with van der Waals surface area (Å²) in [5.74, 6) is 0. The van der Waals surface area contributed by atoms with Gasteiger partial charge >= 0.3 is 0 Å². The third kappa shape index (κ3) is 6.69. The minimum Gasteiger partial charge on any atom is -0.370 e. The van der Waals surface area contributed by atoms with Gasteiger partial charge in [0.25, 0.3) is 0 Å². The molecule has 0 N–H and O–H groups in total. The predicted octanol–water partition coefficient (Wildman–Crippen LogP) is 6.42. The number of hydrogen-bond donors (Lipinski definition) is 0. The molecule has 0 saturated carbocycles. The molecule has 0 radical (unpaired) electrons. The third-order valence-corrected chi connectivity index (χ3v) is 4.33. The Hall–Kier alpha value is -2.39. The second-order valence-corrected chi connectivity index (χ2v) is 6.83. The zero-order chi connectivity index (χ0) is 19.5. The van der Waals surface area contributed by atoms with Crippen LogP contribution >= 0.6 is 11.6 Å². The lowest BCUT2D eigenvalue weighted by atomic mass is 10.1. The molecule has 0 aliphatic rings. The monoisotopic (exact) mass is 381 g/mol. The first-order valence-corrected chi connectivity index (χ1v) is 9.86. The maximum atomic E-state index is 5.97. The molecule has 2 heterocycles. The fourth-order valence-corrected chi connectivity index (χ4v) is 2.93. The van der Waals surface area contributed by atoms with Crippen molar-refractivity contribution < 1.29 is 0 Å². The Kier molecular flexibility index (Phi) is 8.79. The van der Waals surface area contributed by atoms with E-state index in [-0.39, 0.29) is 0 Å². The van der Waals surface area contributed by atoms with Gasteiger partial charge in [0.05, 0.1) is 11.4 Å². The van der Waals surface area contributed by atoms with E-state index in [0.29, 0.717) is 0 Å². The molecule has 3 rings (SSSR count). The van der Waals surface area contributed by atoms with Gasteiger partial charge in [-0.05, 0) is 61.7 Å². The minimum atomic E-state index is 0.755. The van der Waals surface area contributed by atoms with E-state index in [0.717, 1.165) is 42.2 Å². The average Bonchev–Trinajstić information content (AvgIpc) is 2.70. The molecule has 27 heavy (non-hydrogen) atoms. The molecule has 142 valence electrons. The van der Waals surface area contributed by atoms with Crippen molar-refractivity contribution in [1.82, 2.24) is 9.97 Å². The smallest absolute Gasteiger partial charge is 0.0935 e. The Morgan fingerprint density at radius 3 is 2.00 bits per heavy atom. The van der Waals surface area contributed by atoms with Crippen LogP contribution in [0.1, 0.15) is 32.3 Å². The SMILES string of the molecule is CCCN(CCC)c1cccnc1-c1ccc(Cl)cc1.Cc1ccncc1. The molecule has 0 amide bonds. The largest absolute Gasteiger partial charge is 0.370 e. The van der Waals surface area contributed by atoms with Crippen LogP contribution in [-0.4, -0.2) is 23.1 Å². The molecule has 1 aromatic carbocycles. The van der Waals surface area contributed by atoms with E-state index in [1.54, 1.807) is 12.4 Å². The summed E-state index contributed by atoms with van der Waals surface area (Å²) in [5.41, 5.74) is 4.61. The van der Waals surface area contributed by atoms with Crippen molar-refractivity contribution in [2.75, 3.05) is 18.0 Å². The van der Waals surface area contributed by atoms with Crippen LogP contribution in [0.2, 0.25) is 5.02 Å². The summed E-state index contributed by atoms with van der Waals surface area (Å²) in [6.07, 6.45) is 7.69. The number of anilines is 1. The number of hydrogen-bond acceptors (Lipinski definition) is 3. The van der Waals surface area contributed by atoms with Crippen molar-refractivity contribution in [3.8, 4) is 11.3 Å². The first kappa shape index (κ1) is 20.9. The minimum absolute atomic E-state index is 0.755. The molecule has 0 saturated heterocycles. The van der Waals surface area contributed by atoms with Gasteiger partial charge in [-0.3, -0.25) is 9.97 Å². The number of benzene rings is 1. The van der Waals surface area contributed by atoms with Crippen molar-refractivity contribution in [3.05, 3.63) is 77.7 Å². The van der Waals surface area contributed by atoms with Crippen LogP contribution in [0.5, 0.6) is 0 Å². The van der Waals surface area contributed by atoms with Gasteiger partial charge in [-0.1, -0.05) is 37.6 Å². The number of aromatic nitrogens is 2. The maximum Gasteiger partial charge on any atom is 0.0935 e. The van der Waals surface area contributed by atoms with Crippen LogP contribution in [0.15, 0.2) is 67.1 Å². The molecule has 0 unspecified atom stereocenters. The second kappa shape index (κ2) is 11.3. The standard InChI is InChI=1S/C17H21ClN2.C6H7N/c1-3-12-20(13-4-2)16-6-5-11-19-17(16)14-7-9-15(18)10-8-14;1-6-2-4-7-5-3-6/h5-11H,3-4,12-13H2,1-2H3;2-5H,1H3. The molecule has 4 heteroatoms. The molecule has 0 spiro atoms. The van der Waals surface area contributed by atoms with Gasteiger partial charge in [-0.25, -0.2) is 0 Å². The summed E-state index contributed by atoms with van der Waals surface area (Å²) in [6, 6.07) is 16.0. The van der Waals surface area contributed by atoms with Crippen molar-refractivity contribution in [3.63, 3.8) is 0 Å². The van der Waals surface area contributed by atoms with Crippen LogP contribution in [0.25, 0.3) is 11.3 Å². The van der Waals surface area contributed by atoms with Crippen LogP contribution in [-0.2, 0) is 0 Å². The van der Waals surface area contributed by atoms with Crippen LogP contribution in [0, 0.1) is 6.92 Å². The first-order valence-electron chi connectivity index (χ1n) is 9.48. The predicted molar refractivity (Wildman–Crippen MR) is 116 cm³/mol. The lowest BCUT2D eigenvalue weighted by Gasteiger charge is -2.25. The zero-order valence-electron chi connectivity index (χ0n) is 16.4. The average molecular weight is 382 g/mol. The Labute approximate surface area is 168 Å². The highest BCUT2D eigenvalue weighted by molar-refractivity contribution is 6.30. The van der Waals surface area contributed by atoms with E-state index in [1.165, 1.54) is 11.3 Å². The summed E-state index contributed by atoms with van der Waals surface area (Å²) in [4.78, 5) is 10.8. The van der Waals surface area contributed by atoms with Crippen molar-refractivity contribution >= 4 is 17.3 Å². The third-order valence-electron chi connectivity index (χ3n) is 4.08. The Morgan fingerprint density at radius 2 is 1.48 bits per heavy atom. The summed E-state index contributed by atoms with van der Waals surface area (Å²) in [7, 11) is 0. The quantitative estimate of drug-likeness (QED) is 0.493. The highest BCUT2D eigenvalue weighted by atomic mass is 35.5. The Balaban J connectivity index is 0.000000313. The van der Waals surface area contributed by atoms with Gasteiger partial charge in [0.1, 0.15) is 0 Å². The molecule has 0 bridgehead atoms. The molecule has 0 fully saturated rings. The Bertz CT molecular complexity index is 782. The molecule has 0 aliphatic carbocycles. The van der Waals surface area contributed by atoms with Gasteiger partial charge in [0.2, 0.25) is 0 Å². The number of rotatable bonds is 6. The molecule has 0 aliphatic heterocycles. The van der Waals surface area contributed by atoms with Gasteiger partial charge in [0, 0.05) is 42.3 Å². The fraction of sp³-hybridized carbons (Fsp3) is 0.304. The molecule has 3 nitrogen and oxygen atoms in total. The number of pyridine rings is 2. The summed E-state index contributed by atoms with van der Waals surface area (Å²) in [5, 5.41) is 0.755. The van der Waals surface area contributed by atoms with E-state index in [9.17, 15) is 0 Å². The highest BCUT2D eigenvalue weighted by Crippen LogP contribution is 2.29. The summed E-state index contributed by atoms with van der Waals surface area (Å²) >= 11 is 5.97. The molecular formula is C23H28ClN3. The van der Waals surface area contributed by atoms with Crippen LogP contribution in [0.3, 0.4) is 0 Å². The summed E-state index contributed by atoms with van der Waals surface area (Å²) in [6.45, 7) is 8.57.